The number of hydrogen-bond donors (Lipinski definition) is 2. The smallest absolute Gasteiger partial charge is 0.316 e. The second kappa shape index (κ2) is 8.73. The van der Waals surface area contributed by atoms with Gasteiger partial charge in [-0.15, -0.1) is 0 Å². The van der Waals surface area contributed by atoms with E-state index in [2.05, 4.69) is 44.3 Å². The summed E-state index contributed by atoms with van der Waals surface area (Å²) in [6.07, 6.45) is 4.87. The van der Waals surface area contributed by atoms with Crippen LogP contribution in [0.1, 0.15) is 24.2 Å². The number of piperazine rings is 1. The zero-order chi connectivity index (χ0) is 22.0. The number of carbonyl (C=O) groups is 1. The number of hydrogen-bond acceptors (Lipinski definition) is 8. The molecule has 1 aliphatic rings. The van der Waals surface area contributed by atoms with Crippen LogP contribution in [0.4, 0.5) is 11.4 Å². The quantitative estimate of drug-likeness (QED) is 0.647. The van der Waals surface area contributed by atoms with Gasteiger partial charge in [-0.3, -0.25) is 9.78 Å². The van der Waals surface area contributed by atoms with E-state index in [0.717, 1.165) is 24.2 Å². The van der Waals surface area contributed by atoms with E-state index in [1.165, 1.54) is 7.11 Å². The first-order chi connectivity index (χ1) is 15.0. The molecular weight excluding hydrogens is 396 g/mol. The Morgan fingerprint density at radius 3 is 2.61 bits per heavy atom. The summed E-state index contributed by atoms with van der Waals surface area (Å²) >= 11 is 0. The van der Waals surface area contributed by atoms with Crippen LogP contribution in [0.5, 0.6) is 11.8 Å². The van der Waals surface area contributed by atoms with Gasteiger partial charge in [-0.2, -0.15) is 4.98 Å². The Balaban J connectivity index is 1.76. The molecule has 0 radical (unpaired) electrons. The Bertz CT molecular complexity index is 1100. The van der Waals surface area contributed by atoms with Crippen LogP contribution in [-0.2, 0) is 0 Å². The zero-order valence-electron chi connectivity index (χ0n) is 18.0. The lowest BCUT2D eigenvalue weighted by Crippen LogP contribution is -2.54. The van der Waals surface area contributed by atoms with Crippen molar-refractivity contribution in [1.82, 2.24) is 20.3 Å². The van der Waals surface area contributed by atoms with Crippen molar-refractivity contribution >= 4 is 28.2 Å². The van der Waals surface area contributed by atoms with Crippen LogP contribution in [0.25, 0.3) is 10.9 Å². The monoisotopic (exact) mass is 422 g/mol. The predicted octanol–water partition coefficient (Wildman–Crippen LogP) is 2.48. The minimum Gasteiger partial charge on any atom is -0.494 e. The van der Waals surface area contributed by atoms with Crippen molar-refractivity contribution in [1.29, 1.82) is 0 Å². The van der Waals surface area contributed by atoms with Gasteiger partial charge < -0.3 is 25.0 Å². The van der Waals surface area contributed by atoms with E-state index in [1.54, 1.807) is 37.8 Å². The number of amides is 1. The molecule has 1 saturated heterocycles. The van der Waals surface area contributed by atoms with Gasteiger partial charge in [0.15, 0.2) is 0 Å². The highest BCUT2D eigenvalue weighted by molar-refractivity contribution is 6.14. The summed E-state index contributed by atoms with van der Waals surface area (Å²) in [7, 11) is 3.05. The number of ether oxygens (including phenoxy) is 2. The lowest BCUT2D eigenvalue weighted by atomic mass is 10.0. The molecule has 0 bridgehead atoms. The van der Waals surface area contributed by atoms with E-state index in [0.29, 0.717) is 34.6 Å². The second-order valence-electron chi connectivity index (χ2n) is 7.66. The van der Waals surface area contributed by atoms with E-state index < -0.39 is 0 Å². The van der Waals surface area contributed by atoms with Crippen LogP contribution in [0.15, 0.2) is 36.8 Å². The summed E-state index contributed by atoms with van der Waals surface area (Å²) in [6, 6.07) is 6.34. The number of methoxy groups -OCH3 is 2. The van der Waals surface area contributed by atoms with Crippen LogP contribution in [0.3, 0.4) is 0 Å². The second-order valence-corrected chi connectivity index (χ2v) is 7.66. The van der Waals surface area contributed by atoms with Crippen LogP contribution in [0.2, 0.25) is 0 Å². The number of rotatable bonds is 5. The Morgan fingerprint density at radius 2 is 1.90 bits per heavy atom. The third-order valence-corrected chi connectivity index (χ3v) is 5.28. The van der Waals surface area contributed by atoms with Gasteiger partial charge in [0.25, 0.3) is 5.91 Å². The fourth-order valence-electron chi connectivity index (χ4n) is 4.01. The first kappa shape index (κ1) is 20.8. The van der Waals surface area contributed by atoms with Crippen molar-refractivity contribution in [2.45, 2.75) is 25.9 Å². The number of fused-ring (bicyclic) bond motifs is 1. The maximum atomic E-state index is 13.2. The van der Waals surface area contributed by atoms with E-state index >= 15 is 0 Å². The maximum absolute atomic E-state index is 13.2. The summed E-state index contributed by atoms with van der Waals surface area (Å²) in [5, 5.41) is 7.21. The average Bonchev–Trinajstić information content (AvgIpc) is 2.77. The van der Waals surface area contributed by atoms with Crippen LogP contribution >= 0.6 is 0 Å². The minimum absolute atomic E-state index is 0.208. The van der Waals surface area contributed by atoms with Crippen molar-refractivity contribution in [2.24, 2.45) is 0 Å². The molecule has 2 aromatic heterocycles. The van der Waals surface area contributed by atoms with Crippen molar-refractivity contribution in [2.75, 3.05) is 37.5 Å². The molecule has 2 atom stereocenters. The van der Waals surface area contributed by atoms with Crippen molar-refractivity contribution in [3.8, 4) is 11.8 Å². The molecule has 162 valence electrons. The normalized spacial score (nSPS) is 18.6. The molecule has 9 heteroatoms. The molecule has 1 aromatic carbocycles. The molecule has 1 aliphatic heterocycles. The highest BCUT2D eigenvalue weighted by Crippen LogP contribution is 2.31. The Labute approximate surface area is 180 Å². The largest absolute Gasteiger partial charge is 0.494 e. The standard InChI is InChI=1S/C22H26N6O3/c1-13-11-28(12-14(2)25-13)18-6-5-15(20-16(18)9-24-22(27-20)31-4)21(29)26-17-10-23-8-7-19(17)30-3/h5-10,13-14,25H,11-12H2,1-4H3,(H,26,29)/t13-,14+. The van der Waals surface area contributed by atoms with Gasteiger partial charge >= 0.3 is 6.01 Å². The summed E-state index contributed by atoms with van der Waals surface area (Å²) < 4.78 is 10.5. The number of pyridine rings is 1. The average molecular weight is 422 g/mol. The van der Waals surface area contributed by atoms with Gasteiger partial charge in [0.05, 0.1) is 31.5 Å². The van der Waals surface area contributed by atoms with E-state index in [-0.39, 0.29) is 11.9 Å². The molecule has 0 saturated carbocycles. The number of anilines is 2. The summed E-state index contributed by atoms with van der Waals surface area (Å²) in [4.78, 5) is 28.3. The highest BCUT2D eigenvalue weighted by Gasteiger charge is 2.25. The SMILES string of the molecule is COc1ncc2c(N3C[C@@H](C)N[C@@H](C)C3)ccc(C(=O)Nc3cnccc3OC)c2n1. The van der Waals surface area contributed by atoms with E-state index in [4.69, 9.17) is 9.47 Å². The van der Waals surface area contributed by atoms with Gasteiger partial charge in [-0.05, 0) is 26.0 Å². The molecule has 9 nitrogen and oxygen atoms in total. The fraction of sp³-hybridized carbons (Fsp3) is 0.364. The Hall–Kier alpha value is -3.46. The summed E-state index contributed by atoms with van der Waals surface area (Å²) in [5.74, 6) is 0.214. The van der Waals surface area contributed by atoms with Gasteiger partial charge in [0.2, 0.25) is 0 Å². The lowest BCUT2D eigenvalue weighted by molar-refractivity contribution is 0.102. The fourth-order valence-corrected chi connectivity index (χ4v) is 4.01. The first-order valence-electron chi connectivity index (χ1n) is 10.1. The van der Waals surface area contributed by atoms with Gasteiger partial charge in [0.1, 0.15) is 11.4 Å². The Kier molecular flexibility index (Phi) is 5.85. The van der Waals surface area contributed by atoms with Crippen LogP contribution in [-0.4, -0.2) is 60.3 Å². The molecule has 3 heterocycles. The molecule has 0 spiro atoms. The van der Waals surface area contributed by atoms with Gasteiger partial charge in [0, 0.05) is 54.7 Å². The van der Waals surface area contributed by atoms with Crippen molar-refractivity contribution < 1.29 is 14.3 Å². The molecular formula is C22H26N6O3. The molecule has 0 aliphatic carbocycles. The van der Waals surface area contributed by atoms with E-state index in [1.807, 2.05) is 6.07 Å². The van der Waals surface area contributed by atoms with Crippen LogP contribution in [0, 0.1) is 0 Å². The number of nitrogens with zero attached hydrogens (tertiary/aromatic N) is 4. The van der Waals surface area contributed by atoms with Gasteiger partial charge in [-0.1, -0.05) is 0 Å². The van der Waals surface area contributed by atoms with Crippen molar-refractivity contribution in [3.05, 3.63) is 42.4 Å². The Morgan fingerprint density at radius 1 is 1.13 bits per heavy atom. The number of nitrogens with one attached hydrogen (secondary N) is 2. The highest BCUT2D eigenvalue weighted by atomic mass is 16.5. The summed E-state index contributed by atoms with van der Waals surface area (Å²) in [6.45, 7) is 6.02. The topological polar surface area (TPSA) is 102 Å². The van der Waals surface area contributed by atoms with Gasteiger partial charge in [-0.25, -0.2) is 4.98 Å². The zero-order valence-corrected chi connectivity index (χ0v) is 18.0. The predicted molar refractivity (Wildman–Crippen MR) is 119 cm³/mol. The molecule has 1 amide bonds. The lowest BCUT2D eigenvalue weighted by Gasteiger charge is -2.38. The van der Waals surface area contributed by atoms with Crippen LogP contribution < -0.4 is 25.0 Å². The minimum atomic E-state index is -0.314. The first-order valence-corrected chi connectivity index (χ1v) is 10.1. The molecule has 0 unspecified atom stereocenters. The molecule has 3 aromatic rings. The van der Waals surface area contributed by atoms with Crippen molar-refractivity contribution in [3.63, 3.8) is 0 Å². The molecule has 1 fully saturated rings. The van der Waals surface area contributed by atoms with E-state index in [9.17, 15) is 4.79 Å². The number of carbonyl (C=O) groups excluding carboxylic acids is 1. The molecule has 31 heavy (non-hydrogen) atoms. The molecule has 2 N–H and O–H groups in total. The third kappa shape index (κ3) is 4.22. The maximum Gasteiger partial charge on any atom is 0.316 e. The third-order valence-electron chi connectivity index (χ3n) is 5.28. The summed E-state index contributed by atoms with van der Waals surface area (Å²) in [5.41, 5.74) is 2.43. The molecule has 4 rings (SSSR count). The number of aromatic nitrogens is 3. The number of benzene rings is 1.